The molecule has 0 aliphatic heterocycles. The number of hydrogen-bond acceptors (Lipinski definition) is 6. The van der Waals surface area contributed by atoms with Gasteiger partial charge in [-0.25, -0.2) is 4.68 Å². The number of para-hydroxylation sites is 3. The number of aromatic nitrogens is 2. The number of rotatable bonds is 8. The van der Waals surface area contributed by atoms with E-state index in [9.17, 15) is 14.4 Å². The van der Waals surface area contributed by atoms with E-state index in [2.05, 4.69) is 16.0 Å². The number of ketones is 1. The summed E-state index contributed by atoms with van der Waals surface area (Å²) in [4.78, 5) is 37.1. The molecular weight excluding hydrogens is 412 g/mol. The number of carbonyl (C=O) groups excluding carboxylic acids is 3. The van der Waals surface area contributed by atoms with Crippen LogP contribution in [0.4, 0.5) is 0 Å². The van der Waals surface area contributed by atoms with Crippen molar-refractivity contribution >= 4 is 17.6 Å². The first-order valence-electron chi connectivity index (χ1n) is 10.0. The molecule has 0 fully saturated rings. The van der Waals surface area contributed by atoms with Gasteiger partial charge in [0.25, 0.3) is 11.7 Å². The van der Waals surface area contributed by atoms with Crippen molar-refractivity contribution in [3.8, 4) is 17.2 Å². The van der Waals surface area contributed by atoms with E-state index >= 15 is 0 Å². The van der Waals surface area contributed by atoms with E-state index in [-0.39, 0.29) is 12.2 Å². The molecule has 0 atom stereocenters. The number of nitrogens with zero attached hydrogens (tertiary/aromatic N) is 2. The average Bonchev–Trinajstić information content (AvgIpc) is 3.10. The van der Waals surface area contributed by atoms with Gasteiger partial charge in [-0.15, -0.1) is 0 Å². The molecule has 0 bridgehead atoms. The summed E-state index contributed by atoms with van der Waals surface area (Å²) in [5.41, 5.74) is 6.19. The van der Waals surface area contributed by atoms with Gasteiger partial charge in [-0.2, -0.15) is 5.10 Å². The van der Waals surface area contributed by atoms with Crippen molar-refractivity contribution in [2.24, 2.45) is 0 Å². The van der Waals surface area contributed by atoms with Crippen molar-refractivity contribution < 1.29 is 23.9 Å². The van der Waals surface area contributed by atoms with Crippen LogP contribution in [0.2, 0.25) is 0 Å². The fourth-order valence-corrected chi connectivity index (χ4v) is 3.11. The average molecular weight is 436 g/mol. The molecule has 0 unspecified atom stereocenters. The lowest BCUT2D eigenvalue weighted by molar-refractivity contribution is -0.128. The minimum Gasteiger partial charge on any atom is -0.490 e. The molecular formula is C23H24N4O5. The van der Waals surface area contributed by atoms with Gasteiger partial charge in [0, 0.05) is 0 Å². The predicted molar refractivity (Wildman–Crippen MR) is 117 cm³/mol. The Bertz CT molecular complexity index is 1120. The van der Waals surface area contributed by atoms with Gasteiger partial charge in [0.2, 0.25) is 0 Å². The third-order valence-electron chi connectivity index (χ3n) is 4.55. The molecule has 2 N–H and O–H groups in total. The summed E-state index contributed by atoms with van der Waals surface area (Å²) < 4.78 is 12.5. The zero-order chi connectivity index (χ0) is 23.1. The zero-order valence-corrected chi connectivity index (χ0v) is 18.0. The van der Waals surface area contributed by atoms with Crippen LogP contribution in [0, 0.1) is 13.8 Å². The minimum absolute atomic E-state index is 0.183. The molecule has 32 heavy (non-hydrogen) atoms. The van der Waals surface area contributed by atoms with Gasteiger partial charge in [-0.05, 0) is 45.0 Å². The van der Waals surface area contributed by atoms with Crippen LogP contribution in [0.25, 0.3) is 5.69 Å². The monoisotopic (exact) mass is 436 g/mol. The molecule has 2 amide bonds. The summed E-state index contributed by atoms with van der Waals surface area (Å²) >= 11 is 0. The number of aryl methyl sites for hydroxylation is 1. The first kappa shape index (κ1) is 22.5. The Morgan fingerprint density at radius 1 is 0.906 bits per heavy atom. The van der Waals surface area contributed by atoms with E-state index in [4.69, 9.17) is 9.47 Å². The summed E-state index contributed by atoms with van der Waals surface area (Å²) in [6.45, 7) is 5.26. The summed E-state index contributed by atoms with van der Waals surface area (Å²) in [5.74, 6) is -1.52. The van der Waals surface area contributed by atoms with Crippen LogP contribution in [0.3, 0.4) is 0 Å². The van der Waals surface area contributed by atoms with Gasteiger partial charge in [0.1, 0.15) is 0 Å². The van der Waals surface area contributed by atoms with Crippen molar-refractivity contribution in [1.82, 2.24) is 20.6 Å². The Labute approximate surface area is 185 Å². The van der Waals surface area contributed by atoms with Gasteiger partial charge in [0.15, 0.2) is 18.1 Å². The highest BCUT2D eigenvalue weighted by molar-refractivity contribution is 6.43. The van der Waals surface area contributed by atoms with E-state index in [1.54, 1.807) is 42.8 Å². The van der Waals surface area contributed by atoms with Crippen LogP contribution in [0.1, 0.15) is 28.7 Å². The molecule has 166 valence electrons. The van der Waals surface area contributed by atoms with E-state index in [0.717, 1.165) is 5.69 Å². The first-order valence-corrected chi connectivity index (χ1v) is 10.0. The quantitative estimate of drug-likeness (QED) is 0.318. The molecule has 0 radical (unpaired) electrons. The minimum atomic E-state index is -0.980. The lowest BCUT2D eigenvalue weighted by atomic mass is 10.1. The van der Waals surface area contributed by atoms with Gasteiger partial charge < -0.3 is 9.47 Å². The molecule has 9 nitrogen and oxygen atoms in total. The fourth-order valence-electron chi connectivity index (χ4n) is 3.11. The lowest BCUT2D eigenvalue weighted by Crippen LogP contribution is -2.46. The molecule has 0 saturated carbocycles. The van der Waals surface area contributed by atoms with E-state index in [0.29, 0.717) is 29.5 Å². The van der Waals surface area contributed by atoms with Gasteiger partial charge in [-0.3, -0.25) is 25.2 Å². The molecule has 1 heterocycles. The molecule has 0 spiro atoms. The van der Waals surface area contributed by atoms with Crippen molar-refractivity contribution in [1.29, 1.82) is 0 Å². The van der Waals surface area contributed by atoms with Crippen LogP contribution in [-0.2, 0) is 9.59 Å². The molecule has 0 saturated heterocycles. The number of Topliss-reactive ketones (excluding diaryl/α,β-unsaturated/α-hetero) is 1. The second-order valence-corrected chi connectivity index (χ2v) is 6.79. The number of amides is 2. The van der Waals surface area contributed by atoms with Crippen molar-refractivity contribution in [3.05, 3.63) is 71.5 Å². The smallest absolute Gasteiger partial charge is 0.310 e. The Hall–Kier alpha value is -4.14. The molecule has 1 aromatic heterocycles. The van der Waals surface area contributed by atoms with Crippen LogP contribution in [0.5, 0.6) is 11.5 Å². The van der Waals surface area contributed by atoms with Gasteiger partial charge in [0.05, 0.1) is 29.2 Å². The SMILES string of the molecule is CCOc1ccccc1OCC(=O)NNC(=O)C(=O)c1c(C)nn(-c2ccccc2)c1C. The maximum absolute atomic E-state index is 12.7. The van der Waals surface area contributed by atoms with E-state index in [1.807, 2.05) is 37.3 Å². The third-order valence-corrected chi connectivity index (χ3v) is 4.55. The number of hydrogen-bond donors (Lipinski definition) is 2. The van der Waals surface area contributed by atoms with Crippen molar-refractivity contribution in [2.75, 3.05) is 13.2 Å². The lowest BCUT2D eigenvalue weighted by Gasteiger charge is -2.12. The molecule has 3 aromatic rings. The highest BCUT2D eigenvalue weighted by Gasteiger charge is 2.25. The van der Waals surface area contributed by atoms with Crippen LogP contribution in [0.15, 0.2) is 54.6 Å². The summed E-state index contributed by atoms with van der Waals surface area (Å²) in [6, 6.07) is 16.2. The molecule has 0 aliphatic carbocycles. The van der Waals surface area contributed by atoms with Gasteiger partial charge >= 0.3 is 5.91 Å². The summed E-state index contributed by atoms with van der Waals surface area (Å²) in [7, 11) is 0. The molecule has 9 heteroatoms. The standard InChI is InChI=1S/C23H24N4O5/c1-4-31-18-12-8-9-13-19(18)32-14-20(28)24-25-23(30)22(29)21-15(2)26-27(16(21)3)17-10-6-5-7-11-17/h5-13H,4,14H2,1-3H3,(H,24,28)(H,25,30). The van der Waals surface area contributed by atoms with Gasteiger partial charge in [-0.1, -0.05) is 30.3 Å². The Balaban J connectivity index is 1.59. The summed E-state index contributed by atoms with van der Waals surface area (Å²) in [6.07, 6.45) is 0. The third kappa shape index (κ3) is 5.12. The summed E-state index contributed by atoms with van der Waals surface area (Å²) in [5, 5.41) is 4.36. The van der Waals surface area contributed by atoms with E-state index in [1.165, 1.54) is 0 Å². The number of carbonyl (C=O) groups is 3. The Kier molecular flexibility index (Phi) is 7.22. The molecule has 3 rings (SSSR count). The predicted octanol–water partition coefficient (Wildman–Crippen LogP) is 2.30. The normalized spacial score (nSPS) is 10.3. The number of benzene rings is 2. The highest BCUT2D eigenvalue weighted by Crippen LogP contribution is 2.26. The first-order chi connectivity index (χ1) is 15.4. The second-order valence-electron chi connectivity index (χ2n) is 6.79. The second kappa shape index (κ2) is 10.3. The van der Waals surface area contributed by atoms with Crippen molar-refractivity contribution in [2.45, 2.75) is 20.8 Å². The maximum atomic E-state index is 12.7. The Morgan fingerprint density at radius 3 is 2.19 bits per heavy atom. The molecule has 2 aromatic carbocycles. The zero-order valence-electron chi connectivity index (χ0n) is 18.0. The van der Waals surface area contributed by atoms with Crippen LogP contribution < -0.4 is 20.3 Å². The number of hydrazine groups is 1. The van der Waals surface area contributed by atoms with Crippen molar-refractivity contribution in [3.63, 3.8) is 0 Å². The fraction of sp³-hybridized carbons (Fsp3) is 0.217. The topological polar surface area (TPSA) is 112 Å². The van der Waals surface area contributed by atoms with E-state index < -0.39 is 17.6 Å². The Morgan fingerprint density at radius 2 is 1.53 bits per heavy atom. The molecule has 0 aliphatic rings. The number of nitrogens with one attached hydrogen (secondary N) is 2. The van der Waals surface area contributed by atoms with Crippen LogP contribution >= 0.6 is 0 Å². The van der Waals surface area contributed by atoms with Crippen LogP contribution in [-0.4, -0.2) is 40.6 Å². The number of ether oxygens (including phenoxy) is 2. The largest absolute Gasteiger partial charge is 0.490 e. The maximum Gasteiger partial charge on any atom is 0.310 e. The highest BCUT2D eigenvalue weighted by atomic mass is 16.5.